The van der Waals surface area contributed by atoms with Crippen LogP contribution in [0, 0.1) is 0 Å². The molecule has 2 fully saturated rings. The van der Waals surface area contributed by atoms with Gasteiger partial charge in [-0.1, -0.05) is 6.08 Å². The van der Waals surface area contributed by atoms with Crippen molar-refractivity contribution >= 4 is 12.4 Å². The van der Waals surface area contributed by atoms with Gasteiger partial charge in [0.05, 0.1) is 26.4 Å². The molecule has 2 saturated heterocycles. The molecule has 1 atom stereocenters. The van der Waals surface area contributed by atoms with E-state index in [1.807, 2.05) is 6.08 Å². The highest BCUT2D eigenvalue weighted by atomic mass is 35.5. The van der Waals surface area contributed by atoms with E-state index < -0.39 is 5.79 Å². The lowest BCUT2D eigenvalue weighted by atomic mass is 10.2. The van der Waals surface area contributed by atoms with Crippen LogP contribution in [0.1, 0.15) is 0 Å². The lowest BCUT2D eigenvalue weighted by molar-refractivity contribution is -0.181. The number of rotatable bonds is 1. The first kappa shape index (κ1) is 11.9. The molecule has 0 aliphatic carbocycles. The maximum absolute atomic E-state index is 5.51. The summed E-state index contributed by atoms with van der Waals surface area (Å²) in [6.45, 7) is 6.84. The molecule has 2 rings (SSSR count). The molecule has 2 aliphatic rings. The van der Waals surface area contributed by atoms with E-state index in [1.54, 1.807) is 0 Å². The predicted octanol–water partition coefficient (Wildman–Crippen LogP) is 0.326. The molecule has 0 aromatic heterocycles. The Bertz CT molecular complexity index is 194. The van der Waals surface area contributed by atoms with E-state index in [1.165, 1.54) is 0 Å². The van der Waals surface area contributed by atoms with E-state index >= 15 is 0 Å². The van der Waals surface area contributed by atoms with Crippen LogP contribution in [0.2, 0.25) is 0 Å². The Morgan fingerprint density at radius 3 is 2.71 bits per heavy atom. The highest BCUT2D eigenvalue weighted by molar-refractivity contribution is 5.85. The van der Waals surface area contributed by atoms with Crippen molar-refractivity contribution in [1.29, 1.82) is 0 Å². The molecule has 0 saturated carbocycles. The minimum atomic E-state index is -0.544. The van der Waals surface area contributed by atoms with E-state index in [9.17, 15) is 0 Å². The molecule has 1 spiro atoms. The van der Waals surface area contributed by atoms with Crippen LogP contribution < -0.4 is 5.32 Å². The Morgan fingerprint density at radius 2 is 2.07 bits per heavy atom. The van der Waals surface area contributed by atoms with Gasteiger partial charge in [-0.15, -0.1) is 19.0 Å². The van der Waals surface area contributed by atoms with Crippen molar-refractivity contribution in [3.8, 4) is 0 Å². The highest BCUT2D eigenvalue weighted by Gasteiger charge is 2.38. The van der Waals surface area contributed by atoms with Crippen molar-refractivity contribution in [2.75, 3.05) is 33.0 Å². The third-order valence-electron chi connectivity index (χ3n) is 2.35. The molecule has 0 aromatic carbocycles. The number of ether oxygens (including phenoxy) is 3. The van der Waals surface area contributed by atoms with Gasteiger partial charge in [0, 0.05) is 6.04 Å². The Balaban J connectivity index is 0.000000980. The molecule has 5 heteroatoms. The van der Waals surface area contributed by atoms with E-state index in [0.717, 1.165) is 0 Å². The minimum Gasteiger partial charge on any atom is -0.374 e. The molecule has 82 valence electrons. The second-order valence-corrected chi connectivity index (χ2v) is 3.35. The molecule has 14 heavy (non-hydrogen) atoms. The van der Waals surface area contributed by atoms with Gasteiger partial charge in [0.1, 0.15) is 6.61 Å². The monoisotopic (exact) mass is 221 g/mol. The molecule has 4 nitrogen and oxygen atoms in total. The molecule has 0 bridgehead atoms. The van der Waals surface area contributed by atoms with Gasteiger partial charge in [0.15, 0.2) is 0 Å². The highest BCUT2D eigenvalue weighted by Crippen LogP contribution is 2.20. The van der Waals surface area contributed by atoms with Gasteiger partial charge in [-0.2, -0.15) is 0 Å². The Labute approximate surface area is 90.0 Å². The second-order valence-electron chi connectivity index (χ2n) is 3.35. The van der Waals surface area contributed by atoms with Crippen LogP contribution in [0.3, 0.4) is 0 Å². The third-order valence-corrected chi connectivity index (χ3v) is 2.35. The van der Waals surface area contributed by atoms with Gasteiger partial charge < -0.3 is 19.5 Å². The van der Waals surface area contributed by atoms with E-state index in [4.69, 9.17) is 14.2 Å². The van der Waals surface area contributed by atoms with E-state index in [-0.39, 0.29) is 18.4 Å². The van der Waals surface area contributed by atoms with Crippen molar-refractivity contribution in [3.05, 3.63) is 12.7 Å². The SMILES string of the molecule is C=C[C@H]1COCC2(CN1)OCCO2.Cl. The Morgan fingerprint density at radius 1 is 1.36 bits per heavy atom. The molecule has 0 amide bonds. The molecule has 0 radical (unpaired) electrons. The van der Waals surface area contributed by atoms with Crippen molar-refractivity contribution in [2.45, 2.75) is 11.8 Å². The Kier molecular flexibility index (Phi) is 4.34. The second kappa shape index (κ2) is 5.09. The fourth-order valence-electron chi connectivity index (χ4n) is 1.57. The summed E-state index contributed by atoms with van der Waals surface area (Å²) < 4.78 is 16.5. The zero-order chi connectivity index (χ0) is 9.15. The van der Waals surface area contributed by atoms with Gasteiger partial charge in [0.2, 0.25) is 5.79 Å². The normalized spacial score (nSPS) is 30.7. The topological polar surface area (TPSA) is 39.7 Å². The van der Waals surface area contributed by atoms with E-state index in [2.05, 4.69) is 11.9 Å². The van der Waals surface area contributed by atoms with Crippen LogP contribution in [0.15, 0.2) is 12.7 Å². The summed E-state index contributed by atoms with van der Waals surface area (Å²) in [4.78, 5) is 0. The lowest BCUT2D eigenvalue weighted by Crippen LogP contribution is -2.44. The first-order chi connectivity index (χ1) is 6.35. The van der Waals surface area contributed by atoms with Crippen LogP contribution in [0.4, 0.5) is 0 Å². The summed E-state index contributed by atoms with van der Waals surface area (Å²) in [7, 11) is 0. The van der Waals surface area contributed by atoms with Crippen LogP contribution in [-0.2, 0) is 14.2 Å². The summed E-state index contributed by atoms with van der Waals surface area (Å²) in [6.07, 6.45) is 1.84. The summed E-state index contributed by atoms with van der Waals surface area (Å²) in [5, 5.41) is 3.27. The fourth-order valence-corrected chi connectivity index (χ4v) is 1.57. The molecule has 0 aromatic rings. The smallest absolute Gasteiger partial charge is 0.204 e. The Hall–Kier alpha value is -0.130. The van der Waals surface area contributed by atoms with Gasteiger partial charge >= 0.3 is 0 Å². The summed E-state index contributed by atoms with van der Waals surface area (Å²) in [6, 6.07) is 0.201. The fraction of sp³-hybridized carbons (Fsp3) is 0.778. The molecular weight excluding hydrogens is 206 g/mol. The molecule has 2 heterocycles. The van der Waals surface area contributed by atoms with Gasteiger partial charge in [-0.3, -0.25) is 0 Å². The quantitative estimate of drug-likeness (QED) is 0.648. The number of nitrogens with one attached hydrogen (secondary N) is 1. The van der Waals surface area contributed by atoms with Crippen molar-refractivity contribution in [3.63, 3.8) is 0 Å². The average molecular weight is 222 g/mol. The zero-order valence-corrected chi connectivity index (χ0v) is 8.85. The van der Waals surface area contributed by atoms with Crippen LogP contribution >= 0.6 is 12.4 Å². The van der Waals surface area contributed by atoms with Crippen molar-refractivity contribution in [2.24, 2.45) is 0 Å². The first-order valence-corrected chi connectivity index (χ1v) is 4.56. The summed E-state index contributed by atoms with van der Waals surface area (Å²) in [5.74, 6) is -0.544. The summed E-state index contributed by atoms with van der Waals surface area (Å²) >= 11 is 0. The van der Waals surface area contributed by atoms with Crippen LogP contribution in [0.5, 0.6) is 0 Å². The van der Waals surface area contributed by atoms with Crippen molar-refractivity contribution in [1.82, 2.24) is 5.32 Å². The third kappa shape index (κ3) is 2.46. The van der Waals surface area contributed by atoms with Gasteiger partial charge in [-0.25, -0.2) is 0 Å². The molecular formula is C9H16ClNO3. The van der Waals surface area contributed by atoms with Gasteiger partial charge in [0.25, 0.3) is 0 Å². The minimum absolute atomic E-state index is 0. The predicted molar refractivity (Wildman–Crippen MR) is 54.7 cm³/mol. The molecule has 1 N–H and O–H groups in total. The number of hydrogen-bond donors (Lipinski definition) is 1. The maximum Gasteiger partial charge on any atom is 0.204 e. The van der Waals surface area contributed by atoms with Gasteiger partial charge in [-0.05, 0) is 0 Å². The van der Waals surface area contributed by atoms with E-state index in [0.29, 0.717) is 33.0 Å². The summed E-state index contributed by atoms with van der Waals surface area (Å²) in [5.41, 5.74) is 0. The van der Waals surface area contributed by atoms with Crippen LogP contribution in [0.25, 0.3) is 0 Å². The van der Waals surface area contributed by atoms with Crippen molar-refractivity contribution < 1.29 is 14.2 Å². The largest absolute Gasteiger partial charge is 0.374 e. The maximum atomic E-state index is 5.51. The number of hydrogen-bond acceptors (Lipinski definition) is 4. The zero-order valence-electron chi connectivity index (χ0n) is 8.03. The lowest BCUT2D eigenvalue weighted by Gasteiger charge is -2.24. The molecule has 0 unspecified atom stereocenters. The standard InChI is InChI=1S/C9H15NO3.ClH/c1-2-8-5-11-7-9(6-10-8)12-3-4-13-9;/h2,8,10H,1,3-7H2;1H/t8-;/m0./s1. The van der Waals surface area contributed by atoms with Crippen LogP contribution in [-0.4, -0.2) is 44.8 Å². The molecule has 2 aliphatic heterocycles. The average Bonchev–Trinajstić information content (AvgIpc) is 2.49. The first-order valence-electron chi connectivity index (χ1n) is 4.56. The number of halogens is 1.